The first-order chi connectivity index (χ1) is 11.8. The first-order valence-electron chi connectivity index (χ1n) is 8.41. The first kappa shape index (κ1) is 15.1. The summed E-state index contributed by atoms with van der Waals surface area (Å²) >= 11 is 0. The molecule has 0 unspecified atom stereocenters. The zero-order valence-electron chi connectivity index (χ0n) is 13.8. The van der Waals surface area contributed by atoms with E-state index in [1.54, 1.807) is 6.26 Å². The minimum Gasteiger partial charge on any atom is -0.468 e. The van der Waals surface area contributed by atoms with Crippen LogP contribution < -0.4 is 5.32 Å². The molecule has 0 amide bonds. The van der Waals surface area contributed by atoms with Gasteiger partial charge in [0, 0.05) is 0 Å². The van der Waals surface area contributed by atoms with Crippen LogP contribution in [0.5, 0.6) is 0 Å². The molecular formula is C18H21N5O. The number of nitrogens with one attached hydrogen (secondary N) is 1. The molecule has 1 N–H and O–H groups in total. The van der Waals surface area contributed by atoms with E-state index < -0.39 is 0 Å². The van der Waals surface area contributed by atoms with E-state index in [1.165, 1.54) is 12.8 Å². The third-order valence-electron chi connectivity index (χ3n) is 4.88. The molecule has 6 heteroatoms. The van der Waals surface area contributed by atoms with Gasteiger partial charge in [-0.05, 0) is 54.0 Å². The maximum Gasteiger partial charge on any atom is 0.176 e. The van der Waals surface area contributed by atoms with Crippen molar-refractivity contribution in [1.82, 2.24) is 25.5 Å². The smallest absolute Gasteiger partial charge is 0.176 e. The standard InChI is InChI=1S/C18H21N5O/c1-14-7-2-3-9-16(14)23-17(20-21-22-23)18(10-4-5-11-18)19-13-15-8-6-12-24-15/h2-3,6-9,12,19H,4-5,10-11,13H2,1H3. The van der Waals surface area contributed by atoms with E-state index >= 15 is 0 Å². The van der Waals surface area contributed by atoms with Crippen molar-refractivity contribution in [3.63, 3.8) is 0 Å². The highest BCUT2D eigenvalue weighted by molar-refractivity contribution is 5.40. The van der Waals surface area contributed by atoms with Crippen LogP contribution in [0.3, 0.4) is 0 Å². The SMILES string of the molecule is Cc1ccccc1-n1nnnc1C1(NCc2ccco2)CCCC1. The molecule has 6 nitrogen and oxygen atoms in total. The van der Waals surface area contributed by atoms with Gasteiger partial charge in [0.25, 0.3) is 0 Å². The highest BCUT2D eigenvalue weighted by Gasteiger charge is 2.40. The van der Waals surface area contributed by atoms with Crippen molar-refractivity contribution in [2.75, 3.05) is 0 Å². The van der Waals surface area contributed by atoms with Crippen molar-refractivity contribution in [3.8, 4) is 5.69 Å². The van der Waals surface area contributed by atoms with Crippen LogP contribution in [0.4, 0.5) is 0 Å². The van der Waals surface area contributed by atoms with Crippen molar-refractivity contribution in [2.45, 2.75) is 44.7 Å². The molecule has 1 fully saturated rings. The predicted molar refractivity (Wildman–Crippen MR) is 89.6 cm³/mol. The molecule has 0 saturated heterocycles. The summed E-state index contributed by atoms with van der Waals surface area (Å²) < 4.78 is 7.35. The Morgan fingerprint density at radius 1 is 1.17 bits per heavy atom. The molecule has 3 aromatic rings. The van der Waals surface area contributed by atoms with Gasteiger partial charge < -0.3 is 4.42 Å². The highest BCUT2D eigenvalue weighted by Crippen LogP contribution is 2.38. The molecule has 2 aromatic heterocycles. The van der Waals surface area contributed by atoms with Gasteiger partial charge in [-0.3, -0.25) is 5.32 Å². The van der Waals surface area contributed by atoms with Gasteiger partial charge in [-0.1, -0.05) is 31.0 Å². The molecule has 4 rings (SSSR count). The summed E-state index contributed by atoms with van der Waals surface area (Å²) in [5.41, 5.74) is 1.98. The maximum absolute atomic E-state index is 5.47. The topological polar surface area (TPSA) is 68.8 Å². The Labute approximate surface area is 140 Å². The third-order valence-corrected chi connectivity index (χ3v) is 4.88. The molecule has 0 atom stereocenters. The van der Waals surface area contributed by atoms with Crippen molar-refractivity contribution < 1.29 is 4.42 Å². The lowest BCUT2D eigenvalue weighted by Gasteiger charge is -2.29. The molecule has 1 aliphatic rings. The molecule has 24 heavy (non-hydrogen) atoms. The van der Waals surface area contributed by atoms with Crippen molar-refractivity contribution in [3.05, 3.63) is 59.8 Å². The van der Waals surface area contributed by atoms with Crippen LogP contribution in [-0.2, 0) is 12.1 Å². The minimum atomic E-state index is -0.210. The average molecular weight is 323 g/mol. The maximum atomic E-state index is 5.47. The number of hydrogen-bond donors (Lipinski definition) is 1. The molecule has 2 heterocycles. The lowest BCUT2D eigenvalue weighted by Crippen LogP contribution is -2.41. The minimum absolute atomic E-state index is 0.210. The molecule has 124 valence electrons. The number of nitrogens with zero attached hydrogens (tertiary/aromatic N) is 4. The van der Waals surface area contributed by atoms with Gasteiger partial charge in [-0.15, -0.1) is 5.10 Å². The van der Waals surface area contributed by atoms with Crippen LogP contribution in [0.15, 0.2) is 47.1 Å². The van der Waals surface area contributed by atoms with Gasteiger partial charge in [0.2, 0.25) is 0 Å². The third kappa shape index (κ3) is 2.63. The van der Waals surface area contributed by atoms with Crippen molar-refractivity contribution >= 4 is 0 Å². The summed E-state index contributed by atoms with van der Waals surface area (Å²) in [6.07, 6.45) is 6.10. The van der Waals surface area contributed by atoms with Gasteiger partial charge in [0.1, 0.15) is 5.76 Å². The van der Waals surface area contributed by atoms with Gasteiger partial charge in [-0.2, -0.15) is 4.68 Å². The van der Waals surface area contributed by atoms with Crippen LogP contribution in [0, 0.1) is 6.92 Å². The summed E-state index contributed by atoms with van der Waals surface area (Å²) in [6.45, 7) is 2.76. The number of hydrogen-bond acceptors (Lipinski definition) is 5. The fourth-order valence-electron chi connectivity index (χ4n) is 3.58. The van der Waals surface area contributed by atoms with E-state index in [1.807, 2.05) is 28.9 Å². The summed E-state index contributed by atoms with van der Waals surface area (Å²) in [6, 6.07) is 12.1. The van der Waals surface area contributed by atoms with Crippen LogP contribution in [0.1, 0.15) is 42.8 Å². The fourth-order valence-corrected chi connectivity index (χ4v) is 3.58. The second-order valence-corrected chi connectivity index (χ2v) is 6.42. The largest absolute Gasteiger partial charge is 0.468 e. The molecule has 1 aliphatic carbocycles. The predicted octanol–water partition coefficient (Wildman–Crippen LogP) is 3.12. The zero-order chi connectivity index (χ0) is 16.4. The number of benzene rings is 1. The first-order valence-corrected chi connectivity index (χ1v) is 8.41. The molecule has 1 aromatic carbocycles. The van der Waals surface area contributed by atoms with Crippen LogP contribution in [0.2, 0.25) is 0 Å². The monoisotopic (exact) mass is 323 g/mol. The van der Waals surface area contributed by atoms with Gasteiger partial charge in [-0.25, -0.2) is 0 Å². The Morgan fingerprint density at radius 2 is 2.00 bits per heavy atom. The van der Waals surface area contributed by atoms with E-state index in [2.05, 4.69) is 39.9 Å². The average Bonchev–Trinajstić information content (AvgIpc) is 3.34. The highest BCUT2D eigenvalue weighted by atomic mass is 16.3. The molecule has 0 spiro atoms. The zero-order valence-corrected chi connectivity index (χ0v) is 13.8. The Bertz CT molecular complexity index is 802. The second kappa shape index (κ2) is 6.20. The normalized spacial score (nSPS) is 16.5. The number of aryl methyl sites for hydroxylation is 1. The van der Waals surface area contributed by atoms with Crippen LogP contribution >= 0.6 is 0 Å². The number of tetrazole rings is 1. The number of furan rings is 1. The Kier molecular flexibility index (Phi) is 3.90. The Hall–Kier alpha value is -2.47. The Morgan fingerprint density at radius 3 is 2.75 bits per heavy atom. The molecule has 0 aliphatic heterocycles. The lowest BCUT2D eigenvalue weighted by molar-refractivity contribution is 0.298. The summed E-state index contributed by atoms with van der Waals surface area (Å²) in [7, 11) is 0. The van der Waals surface area contributed by atoms with Crippen molar-refractivity contribution in [2.24, 2.45) is 0 Å². The molecular weight excluding hydrogens is 302 g/mol. The lowest BCUT2D eigenvalue weighted by atomic mass is 9.96. The molecule has 1 saturated carbocycles. The summed E-state index contributed by atoms with van der Waals surface area (Å²) in [5, 5.41) is 16.3. The van der Waals surface area contributed by atoms with Crippen LogP contribution in [-0.4, -0.2) is 20.2 Å². The van der Waals surface area contributed by atoms with E-state index in [-0.39, 0.29) is 5.54 Å². The second-order valence-electron chi connectivity index (χ2n) is 6.42. The Balaban J connectivity index is 1.70. The van der Waals surface area contributed by atoms with Gasteiger partial charge >= 0.3 is 0 Å². The molecule has 0 radical (unpaired) electrons. The van der Waals surface area contributed by atoms with Crippen LogP contribution in [0.25, 0.3) is 5.69 Å². The van der Waals surface area contributed by atoms with E-state index in [0.717, 1.165) is 35.7 Å². The van der Waals surface area contributed by atoms with E-state index in [9.17, 15) is 0 Å². The van der Waals surface area contributed by atoms with Gasteiger partial charge in [0.05, 0.1) is 24.0 Å². The quantitative estimate of drug-likeness (QED) is 0.781. The fraction of sp³-hybridized carbons (Fsp3) is 0.389. The van der Waals surface area contributed by atoms with E-state index in [0.29, 0.717) is 6.54 Å². The number of rotatable bonds is 5. The van der Waals surface area contributed by atoms with Gasteiger partial charge in [0.15, 0.2) is 5.82 Å². The summed E-state index contributed by atoms with van der Waals surface area (Å²) in [4.78, 5) is 0. The number of aromatic nitrogens is 4. The molecule has 0 bridgehead atoms. The van der Waals surface area contributed by atoms with E-state index in [4.69, 9.17) is 4.42 Å². The number of para-hydroxylation sites is 1. The van der Waals surface area contributed by atoms with Crippen molar-refractivity contribution in [1.29, 1.82) is 0 Å². The summed E-state index contributed by atoms with van der Waals surface area (Å²) in [5.74, 6) is 1.82.